The van der Waals surface area contributed by atoms with Crippen LogP contribution in [0.1, 0.15) is 21.6 Å². The maximum atomic E-state index is 13.4. The van der Waals surface area contributed by atoms with E-state index in [1.54, 1.807) is 0 Å². The van der Waals surface area contributed by atoms with Gasteiger partial charge in [-0.15, -0.1) is 11.3 Å². The minimum atomic E-state index is -4.58. The van der Waals surface area contributed by atoms with Crippen LogP contribution in [-0.2, 0) is 12.6 Å². The summed E-state index contributed by atoms with van der Waals surface area (Å²) in [5, 5.41) is 8.71. The number of halogens is 5. The predicted octanol–water partition coefficient (Wildman–Crippen LogP) is 3.72. The quantitative estimate of drug-likeness (QED) is 0.877. The first-order chi connectivity index (χ1) is 9.27. The number of alkyl halides is 3. The highest BCUT2D eigenvalue weighted by atomic mass is 32.1. The molecule has 0 bridgehead atoms. The van der Waals surface area contributed by atoms with Crippen molar-refractivity contribution in [2.45, 2.75) is 18.7 Å². The first kappa shape index (κ1) is 14.9. The molecule has 1 unspecified atom stereocenters. The summed E-state index contributed by atoms with van der Waals surface area (Å²) >= 11 is 0.294. The topological polar surface area (TPSA) is 33.1 Å². The van der Waals surface area contributed by atoms with Crippen LogP contribution in [0, 0.1) is 11.6 Å². The monoisotopic (exact) mass is 309 g/mol. The van der Waals surface area contributed by atoms with E-state index in [9.17, 15) is 27.1 Å². The van der Waals surface area contributed by atoms with E-state index in [4.69, 9.17) is 0 Å². The molecule has 1 aromatic heterocycles. The van der Waals surface area contributed by atoms with E-state index in [0.717, 1.165) is 18.3 Å². The van der Waals surface area contributed by atoms with Crippen molar-refractivity contribution < 1.29 is 27.1 Å². The molecule has 1 heterocycles. The first-order valence-electron chi connectivity index (χ1n) is 5.42. The Kier molecular flexibility index (Phi) is 4.05. The number of nitrogens with zero attached hydrogens (tertiary/aromatic N) is 1. The maximum Gasteiger partial charge on any atom is 0.443 e. The minimum Gasteiger partial charge on any atom is -0.387 e. The van der Waals surface area contributed by atoms with Crippen LogP contribution < -0.4 is 0 Å². The highest BCUT2D eigenvalue weighted by Gasteiger charge is 2.35. The Bertz CT molecular complexity index is 610. The lowest BCUT2D eigenvalue weighted by Gasteiger charge is -2.09. The molecule has 108 valence electrons. The standard InChI is InChI=1S/C12H8F5NOS/c13-7-2-1-6(8(14)4-7)3-9(19)10-5-18-11(20-10)12(15,16)17/h1-2,4-5,9,19H,3H2. The average molecular weight is 309 g/mol. The molecule has 1 N–H and O–H groups in total. The zero-order valence-electron chi connectivity index (χ0n) is 9.79. The van der Waals surface area contributed by atoms with Crippen molar-refractivity contribution in [3.8, 4) is 0 Å². The number of aromatic nitrogens is 1. The van der Waals surface area contributed by atoms with Crippen molar-refractivity contribution in [1.29, 1.82) is 0 Å². The fraction of sp³-hybridized carbons (Fsp3) is 0.250. The van der Waals surface area contributed by atoms with Crippen molar-refractivity contribution in [1.82, 2.24) is 4.98 Å². The zero-order valence-corrected chi connectivity index (χ0v) is 10.6. The summed E-state index contributed by atoms with van der Waals surface area (Å²) in [6, 6.07) is 2.80. The van der Waals surface area contributed by atoms with Gasteiger partial charge in [0.05, 0.1) is 11.0 Å². The van der Waals surface area contributed by atoms with Crippen LogP contribution in [0.25, 0.3) is 0 Å². The van der Waals surface area contributed by atoms with Gasteiger partial charge in [0.15, 0.2) is 5.01 Å². The van der Waals surface area contributed by atoms with Crippen molar-refractivity contribution in [2.75, 3.05) is 0 Å². The van der Waals surface area contributed by atoms with Gasteiger partial charge in [-0.1, -0.05) is 6.07 Å². The van der Waals surface area contributed by atoms with Crippen LogP contribution in [-0.4, -0.2) is 10.1 Å². The van der Waals surface area contributed by atoms with Crippen molar-refractivity contribution in [2.24, 2.45) is 0 Å². The predicted molar refractivity (Wildman–Crippen MR) is 62.1 cm³/mol. The smallest absolute Gasteiger partial charge is 0.387 e. The van der Waals surface area contributed by atoms with Gasteiger partial charge in [0.2, 0.25) is 0 Å². The van der Waals surface area contributed by atoms with E-state index in [2.05, 4.69) is 4.98 Å². The summed E-state index contributed by atoms with van der Waals surface area (Å²) in [5.41, 5.74) is 0.0147. The molecule has 8 heteroatoms. The van der Waals surface area contributed by atoms with E-state index in [-0.39, 0.29) is 16.9 Å². The minimum absolute atomic E-state index is 0.0147. The van der Waals surface area contributed by atoms with Crippen LogP contribution in [0.3, 0.4) is 0 Å². The van der Waals surface area contributed by atoms with E-state index in [1.165, 1.54) is 0 Å². The summed E-state index contributed by atoms with van der Waals surface area (Å²) in [6.07, 6.45) is -5.27. The summed E-state index contributed by atoms with van der Waals surface area (Å²) in [7, 11) is 0. The number of aliphatic hydroxyl groups is 1. The molecule has 0 saturated carbocycles. The number of aliphatic hydroxyl groups excluding tert-OH is 1. The molecule has 0 aliphatic carbocycles. The molecule has 0 aliphatic heterocycles. The third-order valence-corrected chi connectivity index (χ3v) is 3.67. The van der Waals surface area contributed by atoms with Crippen LogP contribution in [0.5, 0.6) is 0 Å². The normalized spacial score (nSPS) is 13.5. The van der Waals surface area contributed by atoms with Gasteiger partial charge in [0, 0.05) is 18.7 Å². The molecule has 2 nitrogen and oxygen atoms in total. The lowest BCUT2D eigenvalue weighted by Crippen LogP contribution is -2.03. The summed E-state index contributed by atoms with van der Waals surface area (Å²) in [6.45, 7) is 0. The molecule has 0 aliphatic rings. The van der Waals surface area contributed by atoms with Crippen molar-refractivity contribution in [3.05, 3.63) is 51.5 Å². The second-order valence-electron chi connectivity index (χ2n) is 4.02. The Balaban J connectivity index is 2.16. The molecule has 0 amide bonds. The van der Waals surface area contributed by atoms with Gasteiger partial charge in [0.1, 0.15) is 11.6 Å². The number of benzene rings is 1. The maximum absolute atomic E-state index is 13.4. The van der Waals surface area contributed by atoms with E-state index >= 15 is 0 Å². The van der Waals surface area contributed by atoms with Crippen molar-refractivity contribution >= 4 is 11.3 Å². The number of hydrogen-bond donors (Lipinski definition) is 1. The van der Waals surface area contributed by atoms with E-state index in [0.29, 0.717) is 17.4 Å². The highest BCUT2D eigenvalue weighted by molar-refractivity contribution is 7.11. The Hall–Kier alpha value is -1.54. The molecule has 0 saturated heterocycles. The Morgan fingerprint density at radius 1 is 1.25 bits per heavy atom. The molecule has 0 fully saturated rings. The molecule has 0 radical (unpaired) electrons. The second kappa shape index (κ2) is 5.45. The Morgan fingerprint density at radius 3 is 2.50 bits per heavy atom. The van der Waals surface area contributed by atoms with Gasteiger partial charge in [0.25, 0.3) is 0 Å². The summed E-state index contributed by atoms with van der Waals surface area (Å²) in [5.74, 6) is -1.62. The lowest BCUT2D eigenvalue weighted by molar-refractivity contribution is -0.137. The molecular weight excluding hydrogens is 301 g/mol. The Labute approximate surface area is 114 Å². The van der Waals surface area contributed by atoms with Gasteiger partial charge in [-0.3, -0.25) is 0 Å². The van der Waals surface area contributed by atoms with Crippen LogP contribution in [0.15, 0.2) is 24.4 Å². The van der Waals surface area contributed by atoms with Crippen LogP contribution >= 0.6 is 11.3 Å². The molecule has 1 atom stereocenters. The number of thiazole rings is 1. The third kappa shape index (κ3) is 3.31. The lowest BCUT2D eigenvalue weighted by atomic mass is 10.1. The fourth-order valence-corrected chi connectivity index (χ4v) is 2.34. The van der Waals surface area contributed by atoms with Crippen LogP contribution in [0.2, 0.25) is 0 Å². The van der Waals surface area contributed by atoms with Gasteiger partial charge >= 0.3 is 6.18 Å². The van der Waals surface area contributed by atoms with Gasteiger partial charge < -0.3 is 5.11 Å². The fourth-order valence-electron chi connectivity index (χ4n) is 1.57. The van der Waals surface area contributed by atoms with Gasteiger partial charge in [-0.05, 0) is 11.6 Å². The van der Waals surface area contributed by atoms with Crippen LogP contribution in [0.4, 0.5) is 22.0 Å². The average Bonchev–Trinajstić information content (AvgIpc) is 2.82. The number of rotatable bonds is 3. The highest BCUT2D eigenvalue weighted by Crippen LogP contribution is 2.35. The van der Waals surface area contributed by atoms with E-state index in [1.807, 2.05) is 0 Å². The zero-order chi connectivity index (χ0) is 14.9. The molecule has 1 aromatic carbocycles. The van der Waals surface area contributed by atoms with Crippen molar-refractivity contribution in [3.63, 3.8) is 0 Å². The largest absolute Gasteiger partial charge is 0.443 e. The SMILES string of the molecule is OC(Cc1ccc(F)cc1F)c1cnc(C(F)(F)F)s1. The van der Waals surface area contributed by atoms with E-state index < -0.39 is 28.9 Å². The Morgan fingerprint density at radius 2 is 1.95 bits per heavy atom. The number of hydrogen-bond acceptors (Lipinski definition) is 3. The molecule has 2 rings (SSSR count). The summed E-state index contributed by atoms with van der Waals surface area (Å²) in [4.78, 5) is 3.14. The summed E-state index contributed by atoms with van der Waals surface area (Å²) < 4.78 is 63.2. The molecule has 20 heavy (non-hydrogen) atoms. The molecule has 0 spiro atoms. The van der Waals surface area contributed by atoms with Gasteiger partial charge in [-0.25, -0.2) is 13.8 Å². The second-order valence-corrected chi connectivity index (χ2v) is 5.08. The third-order valence-electron chi connectivity index (χ3n) is 2.52. The molecular formula is C12H8F5NOS. The first-order valence-corrected chi connectivity index (χ1v) is 6.24. The molecule has 2 aromatic rings. The van der Waals surface area contributed by atoms with Gasteiger partial charge in [-0.2, -0.15) is 13.2 Å².